The maximum Gasteiger partial charge on any atom is 0.338 e. The van der Waals surface area contributed by atoms with E-state index in [4.69, 9.17) is 9.47 Å². The SMILES string of the molecule is CCCCCOc1ccc(C(=O)OC(C)C(=O)NCc2cccs2)cc1. The van der Waals surface area contributed by atoms with Gasteiger partial charge in [0, 0.05) is 4.88 Å². The average molecular weight is 375 g/mol. The minimum Gasteiger partial charge on any atom is -0.494 e. The van der Waals surface area contributed by atoms with E-state index in [9.17, 15) is 9.59 Å². The number of rotatable bonds is 10. The molecule has 1 N–H and O–H groups in total. The maximum absolute atomic E-state index is 12.2. The van der Waals surface area contributed by atoms with E-state index in [2.05, 4.69) is 12.2 Å². The van der Waals surface area contributed by atoms with E-state index in [0.29, 0.717) is 18.7 Å². The minimum atomic E-state index is -0.854. The smallest absolute Gasteiger partial charge is 0.338 e. The molecule has 0 spiro atoms. The molecule has 0 radical (unpaired) electrons. The second kappa shape index (κ2) is 10.6. The summed E-state index contributed by atoms with van der Waals surface area (Å²) in [7, 11) is 0. The van der Waals surface area contributed by atoms with Crippen molar-refractivity contribution in [2.75, 3.05) is 6.61 Å². The number of carbonyl (C=O) groups excluding carboxylic acids is 2. The van der Waals surface area contributed by atoms with Gasteiger partial charge in [-0.15, -0.1) is 11.3 Å². The van der Waals surface area contributed by atoms with E-state index < -0.39 is 12.1 Å². The van der Waals surface area contributed by atoms with E-state index in [1.54, 1.807) is 42.5 Å². The average Bonchev–Trinajstić information content (AvgIpc) is 3.17. The molecule has 0 fully saturated rings. The Morgan fingerprint density at radius 2 is 1.92 bits per heavy atom. The highest BCUT2D eigenvalue weighted by Crippen LogP contribution is 2.14. The van der Waals surface area contributed by atoms with Crippen LogP contribution in [0.5, 0.6) is 5.75 Å². The predicted octanol–water partition coefficient (Wildman–Crippen LogP) is 4.18. The molecule has 1 heterocycles. The minimum absolute atomic E-state index is 0.317. The number of benzene rings is 1. The first kappa shape index (κ1) is 20.0. The Bertz CT molecular complexity index is 682. The number of esters is 1. The summed E-state index contributed by atoms with van der Waals surface area (Å²) in [6.07, 6.45) is 2.44. The van der Waals surface area contributed by atoms with Crippen LogP contribution in [0.2, 0.25) is 0 Å². The number of nitrogens with one attached hydrogen (secondary N) is 1. The largest absolute Gasteiger partial charge is 0.494 e. The molecular formula is C20H25NO4S. The maximum atomic E-state index is 12.2. The third-order valence-corrected chi connectivity index (χ3v) is 4.65. The Labute approximate surface area is 158 Å². The van der Waals surface area contributed by atoms with Gasteiger partial charge in [-0.3, -0.25) is 4.79 Å². The Hall–Kier alpha value is -2.34. The van der Waals surface area contributed by atoms with Crippen LogP contribution in [0.1, 0.15) is 48.3 Å². The zero-order valence-electron chi connectivity index (χ0n) is 15.2. The molecule has 140 valence electrons. The lowest BCUT2D eigenvalue weighted by molar-refractivity contribution is -0.129. The first-order valence-electron chi connectivity index (χ1n) is 8.84. The first-order chi connectivity index (χ1) is 12.6. The highest BCUT2D eigenvalue weighted by molar-refractivity contribution is 7.09. The van der Waals surface area contributed by atoms with Gasteiger partial charge in [-0.2, -0.15) is 0 Å². The van der Waals surface area contributed by atoms with Gasteiger partial charge in [-0.1, -0.05) is 25.8 Å². The number of thiophene rings is 1. The quantitative estimate of drug-likeness (QED) is 0.500. The Kier molecular flexibility index (Phi) is 8.15. The fraction of sp³-hybridized carbons (Fsp3) is 0.400. The van der Waals surface area contributed by atoms with Crippen molar-refractivity contribution < 1.29 is 19.1 Å². The number of hydrogen-bond acceptors (Lipinski definition) is 5. The number of ether oxygens (including phenoxy) is 2. The van der Waals surface area contributed by atoms with Crippen LogP contribution in [0.4, 0.5) is 0 Å². The van der Waals surface area contributed by atoms with Crippen molar-refractivity contribution in [3.8, 4) is 5.75 Å². The topological polar surface area (TPSA) is 64.6 Å². The second-order valence-electron chi connectivity index (χ2n) is 5.92. The zero-order chi connectivity index (χ0) is 18.8. The molecule has 0 bridgehead atoms. The van der Waals surface area contributed by atoms with Crippen molar-refractivity contribution in [2.24, 2.45) is 0 Å². The van der Waals surface area contributed by atoms with Gasteiger partial charge in [-0.25, -0.2) is 4.79 Å². The van der Waals surface area contributed by atoms with Gasteiger partial charge >= 0.3 is 5.97 Å². The van der Waals surface area contributed by atoms with Crippen LogP contribution in [-0.2, 0) is 16.1 Å². The molecule has 1 atom stereocenters. The van der Waals surface area contributed by atoms with Crippen molar-refractivity contribution in [2.45, 2.75) is 45.8 Å². The lowest BCUT2D eigenvalue weighted by atomic mass is 10.2. The molecule has 1 unspecified atom stereocenters. The predicted molar refractivity (Wildman–Crippen MR) is 103 cm³/mol. The molecule has 6 heteroatoms. The molecule has 26 heavy (non-hydrogen) atoms. The molecule has 0 saturated heterocycles. The molecule has 5 nitrogen and oxygen atoms in total. The van der Waals surface area contributed by atoms with Crippen molar-refractivity contribution in [1.29, 1.82) is 0 Å². The van der Waals surface area contributed by atoms with Crippen LogP contribution in [0.15, 0.2) is 41.8 Å². The van der Waals surface area contributed by atoms with Crippen molar-refractivity contribution in [3.63, 3.8) is 0 Å². The number of hydrogen-bond donors (Lipinski definition) is 1. The Morgan fingerprint density at radius 1 is 1.15 bits per heavy atom. The summed E-state index contributed by atoms with van der Waals surface area (Å²) in [5.41, 5.74) is 0.392. The van der Waals surface area contributed by atoms with E-state index in [1.807, 2.05) is 17.5 Å². The van der Waals surface area contributed by atoms with Gasteiger partial charge in [0.1, 0.15) is 5.75 Å². The van der Waals surface area contributed by atoms with E-state index in [1.165, 1.54) is 0 Å². The summed E-state index contributed by atoms with van der Waals surface area (Å²) in [4.78, 5) is 25.2. The highest BCUT2D eigenvalue weighted by atomic mass is 32.1. The molecule has 1 aromatic carbocycles. The van der Waals surface area contributed by atoms with Crippen molar-refractivity contribution >= 4 is 23.2 Å². The fourth-order valence-electron chi connectivity index (χ4n) is 2.24. The molecule has 0 saturated carbocycles. The summed E-state index contributed by atoms with van der Waals surface area (Å²) in [6.45, 7) is 4.80. The van der Waals surface area contributed by atoms with E-state index in [-0.39, 0.29) is 5.91 Å². The second-order valence-corrected chi connectivity index (χ2v) is 6.96. The summed E-state index contributed by atoms with van der Waals surface area (Å²) in [5.74, 6) is -0.122. The Morgan fingerprint density at radius 3 is 2.58 bits per heavy atom. The van der Waals surface area contributed by atoms with Crippen LogP contribution >= 0.6 is 11.3 Å². The number of carbonyl (C=O) groups is 2. The molecule has 1 amide bonds. The zero-order valence-corrected chi connectivity index (χ0v) is 16.0. The Balaban J connectivity index is 1.77. The lowest BCUT2D eigenvalue weighted by Gasteiger charge is -2.13. The third kappa shape index (κ3) is 6.52. The summed E-state index contributed by atoms with van der Waals surface area (Å²) in [6, 6.07) is 10.6. The van der Waals surface area contributed by atoms with Crippen LogP contribution in [0.3, 0.4) is 0 Å². The van der Waals surface area contributed by atoms with Gasteiger partial charge in [-0.05, 0) is 49.1 Å². The molecule has 1 aromatic heterocycles. The monoisotopic (exact) mass is 375 g/mol. The molecule has 2 rings (SSSR count). The lowest BCUT2D eigenvalue weighted by Crippen LogP contribution is -2.35. The number of amides is 1. The van der Waals surface area contributed by atoms with Crippen LogP contribution in [0.25, 0.3) is 0 Å². The van der Waals surface area contributed by atoms with Crippen molar-refractivity contribution in [1.82, 2.24) is 5.32 Å². The summed E-state index contributed by atoms with van der Waals surface area (Å²) < 4.78 is 10.8. The van der Waals surface area contributed by atoms with Crippen LogP contribution in [-0.4, -0.2) is 24.6 Å². The molecule has 0 aliphatic rings. The molecule has 0 aliphatic carbocycles. The molecule has 2 aromatic rings. The van der Waals surface area contributed by atoms with Crippen LogP contribution in [0, 0.1) is 0 Å². The number of unbranched alkanes of at least 4 members (excludes halogenated alkanes) is 2. The summed E-state index contributed by atoms with van der Waals surface area (Å²) in [5, 5.41) is 4.71. The van der Waals surface area contributed by atoms with Crippen molar-refractivity contribution in [3.05, 3.63) is 52.2 Å². The summed E-state index contributed by atoms with van der Waals surface area (Å²) >= 11 is 1.56. The molecule has 0 aliphatic heterocycles. The van der Waals surface area contributed by atoms with Gasteiger partial charge in [0.25, 0.3) is 5.91 Å². The van der Waals surface area contributed by atoms with Gasteiger partial charge < -0.3 is 14.8 Å². The third-order valence-electron chi connectivity index (χ3n) is 3.78. The van der Waals surface area contributed by atoms with E-state index >= 15 is 0 Å². The van der Waals surface area contributed by atoms with Gasteiger partial charge in [0.2, 0.25) is 0 Å². The fourth-order valence-corrected chi connectivity index (χ4v) is 2.89. The van der Waals surface area contributed by atoms with E-state index in [0.717, 1.165) is 29.9 Å². The van der Waals surface area contributed by atoms with Gasteiger partial charge in [0.05, 0.1) is 18.7 Å². The van der Waals surface area contributed by atoms with Gasteiger partial charge in [0.15, 0.2) is 6.10 Å². The highest BCUT2D eigenvalue weighted by Gasteiger charge is 2.18. The molecular weight excluding hydrogens is 350 g/mol. The normalized spacial score (nSPS) is 11.6. The van der Waals surface area contributed by atoms with Crippen LogP contribution < -0.4 is 10.1 Å². The standard InChI is InChI=1S/C20H25NO4S/c1-3-4-5-12-24-17-10-8-16(9-11-17)20(23)25-15(2)19(22)21-14-18-7-6-13-26-18/h6-11,13,15H,3-5,12,14H2,1-2H3,(H,21,22). The first-order valence-corrected chi connectivity index (χ1v) is 9.72.